The van der Waals surface area contributed by atoms with Crippen molar-refractivity contribution in [2.75, 3.05) is 0 Å². The molecule has 0 fully saturated rings. The van der Waals surface area contributed by atoms with Gasteiger partial charge in [-0.3, -0.25) is 4.98 Å². The van der Waals surface area contributed by atoms with Gasteiger partial charge in [-0.05, 0) is 30.2 Å². The van der Waals surface area contributed by atoms with E-state index in [-0.39, 0.29) is 0 Å². The molecule has 0 N–H and O–H groups in total. The van der Waals surface area contributed by atoms with Crippen molar-refractivity contribution in [1.82, 2.24) is 4.98 Å². The number of hydrogen-bond donors (Lipinski definition) is 0. The Morgan fingerprint density at radius 3 is 2.29 bits per heavy atom. The minimum Gasteiger partial charge on any atom is -0.256 e. The van der Waals surface area contributed by atoms with Crippen LogP contribution >= 0.6 is 0 Å². The molecule has 1 atom stereocenters. The van der Waals surface area contributed by atoms with E-state index < -0.39 is 0 Å². The zero-order valence-electron chi connectivity index (χ0n) is 12.5. The molecule has 1 nitrogen and oxygen atoms in total. The predicted octanol–water partition coefficient (Wildman–Crippen LogP) is 5.21. The molecule has 3 rings (SSSR count). The second kappa shape index (κ2) is 5.92. The van der Waals surface area contributed by atoms with Crippen LogP contribution in [0.15, 0.2) is 72.9 Å². The van der Waals surface area contributed by atoms with Gasteiger partial charge in [-0.25, -0.2) is 0 Å². The maximum absolute atomic E-state index is 4.64. The summed E-state index contributed by atoms with van der Waals surface area (Å²) in [5.74, 6) is 0.366. The number of hydrogen-bond acceptors (Lipinski definition) is 1. The van der Waals surface area contributed by atoms with Crippen molar-refractivity contribution < 1.29 is 0 Å². The summed E-state index contributed by atoms with van der Waals surface area (Å²) in [5.41, 5.74) is 6.04. The third-order valence-corrected chi connectivity index (χ3v) is 3.90. The maximum atomic E-state index is 4.64. The van der Waals surface area contributed by atoms with Gasteiger partial charge in [-0.1, -0.05) is 67.1 Å². The molecular formula is C20H19N. The standard InChI is InChI=1S/C20H19N/c1-15-7-6-10-18(13-15)20-12-11-19(14-21-20)16(2)17-8-4-3-5-9-17/h3-14,16H,1-2H3. The molecule has 0 spiro atoms. The Hall–Kier alpha value is -2.41. The van der Waals surface area contributed by atoms with Crippen LogP contribution in [-0.2, 0) is 0 Å². The molecule has 0 saturated heterocycles. The minimum atomic E-state index is 0.366. The Labute approximate surface area is 126 Å². The van der Waals surface area contributed by atoms with E-state index in [1.807, 2.05) is 6.20 Å². The molecule has 1 aromatic heterocycles. The first-order valence-corrected chi connectivity index (χ1v) is 7.32. The molecule has 1 unspecified atom stereocenters. The molecule has 0 aliphatic rings. The predicted molar refractivity (Wildman–Crippen MR) is 88.4 cm³/mol. The van der Waals surface area contributed by atoms with Crippen LogP contribution < -0.4 is 0 Å². The summed E-state index contributed by atoms with van der Waals surface area (Å²) in [4.78, 5) is 4.64. The van der Waals surface area contributed by atoms with Crippen LogP contribution in [-0.4, -0.2) is 4.98 Å². The lowest BCUT2D eigenvalue weighted by Crippen LogP contribution is -1.97. The Kier molecular flexibility index (Phi) is 3.83. The van der Waals surface area contributed by atoms with Gasteiger partial charge in [0, 0.05) is 17.7 Å². The molecule has 0 amide bonds. The molecule has 0 aliphatic carbocycles. The molecule has 1 heterocycles. The molecule has 1 heteroatoms. The summed E-state index contributed by atoms with van der Waals surface area (Å²) in [6.07, 6.45) is 2.00. The molecule has 0 aliphatic heterocycles. The number of benzene rings is 2. The van der Waals surface area contributed by atoms with E-state index in [0.29, 0.717) is 5.92 Å². The van der Waals surface area contributed by atoms with Gasteiger partial charge in [-0.15, -0.1) is 0 Å². The SMILES string of the molecule is Cc1cccc(-c2ccc(C(C)c3ccccc3)cn2)c1. The number of nitrogens with zero attached hydrogens (tertiary/aromatic N) is 1. The summed E-state index contributed by atoms with van der Waals surface area (Å²) < 4.78 is 0. The van der Waals surface area contributed by atoms with Crippen molar-refractivity contribution in [3.05, 3.63) is 89.6 Å². The molecule has 3 aromatic rings. The van der Waals surface area contributed by atoms with E-state index in [0.717, 1.165) is 5.69 Å². The smallest absolute Gasteiger partial charge is 0.0702 e. The van der Waals surface area contributed by atoms with E-state index in [4.69, 9.17) is 0 Å². The lowest BCUT2D eigenvalue weighted by Gasteiger charge is -2.12. The average Bonchev–Trinajstić information content (AvgIpc) is 2.55. The van der Waals surface area contributed by atoms with Crippen LogP contribution in [0.3, 0.4) is 0 Å². The second-order valence-electron chi connectivity index (χ2n) is 5.48. The van der Waals surface area contributed by atoms with Crippen molar-refractivity contribution in [2.24, 2.45) is 0 Å². The van der Waals surface area contributed by atoms with Gasteiger partial charge in [0.2, 0.25) is 0 Å². The third-order valence-electron chi connectivity index (χ3n) is 3.90. The zero-order chi connectivity index (χ0) is 14.7. The Morgan fingerprint density at radius 1 is 0.810 bits per heavy atom. The summed E-state index contributed by atoms with van der Waals surface area (Å²) in [6, 6.07) is 23.3. The number of pyridine rings is 1. The molecule has 21 heavy (non-hydrogen) atoms. The van der Waals surface area contributed by atoms with E-state index >= 15 is 0 Å². The van der Waals surface area contributed by atoms with Crippen LogP contribution in [0.2, 0.25) is 0 Å². The van der Waals surface area contributed by atoms with Crippen LogP contribution in [0.1, 0.15) is 29.5 Å². The van der Waals surface area contributed by atoms with Crippen LogP contribution in [0, 0.1) is 6.92 Å². The molecule has 0 bridgehead atoms. The van der Waals surface area contributed by atoms with Gasteiger partial charge < -0.3 is 0 Å². The van der Waals surface area contributed by atoms with Gasteiger partial charge in [0.15, 0.2) is 0 Å². The topological polar surface area (TPSA) is 12.9 Å². The first-order valence-electron chi connectivity index (χ1n) is 7.32. The fraction of sp³-hybridized carbons (Fsp3) is 0.150. The first-order chi connectivity index (χ1) is 10.2. The normalized spacial score (nSPS) is 12.1. The van der Waals surface area contributed by atoms with E-state index in [1.54, 1.807) is 0 Å². The lowest BCUT2D eigenvalue weighted by molar-refractivity contribution is 0.912. The fourth-order valence-electron chi connectivity index (χ4n) is 2.57. The van der Waals surface area contributed by atoms with Crippen LogP contribution in [0.4, 0.5) is 0 Å². The molecular weight excluding hydrogens is 254 g/mol. The highest BCUT2D eigenvalue weighted by atomic mass is 14.7. The van der Waals surface area contributed by atoms with Gasteiger partial charge in [0.05, 0.1) is 5.69 Å². The number of aryl methyl sites for hydroxylation is 1. The maximum Gasteiger partial charge on any atom is 0.0702 e. The fourth-order valence-corrected chi connectivity index (χ4v) is 2.57. The summed E-state index contributed by atoms with van der Waals surface area (Å²) in [7, 11) is 0. The third kappa shape index (κ3) is 3.03. The average molecular weight is 273 g/mol. The molecule has 0 radical (unpaired) electrons. The monoisotopic (exact) mass is 273 g/mol. The molecule has 2 aromatic carbocycles. The summed E-state index contributed by atoms with van der Waals surface area (Å²) in [6.45, 7) is 4.33. The van der Waals surface area contributed by atoms with Crippen molar-refractivity contribution >= 4 is 0 Å². The number of aromatic nitrogens is 1. The Bertz CT molecular complexity index is 714. The van der Waals surface area contributed by atoms with Crippen molar-refractivity contribution in [2.45, 2.75) is 19.8 Å². The van der Waals surface area contributed by atoms with E-state index in [9.17, 15) is 0 Å². The Balaban J connectivity index is 1.88. The van der Waals surface area contributed by atoms with E-state index in [2.05, 4.69) is 85.6 Å². The van der Waals surface area contributed by atoms with Crippen molar-refractivity contribution in [3.63, 3.8) is 0 Å². The highest BCUT2D eigenvalue weighted by Crippen LogP contribution is 2.25. The second-order valence-corrected chi connectivity index (χ2v) is 5.48. The van der Waals surface area contributed by atoms with Gasteiger partial charge in [0.1, 0.15) is 0 Å². The first kappa shape index (κ1) is 13.6. The largest absolute Gasteiger partial charge is 0.256 e. The Morgan fingerprint density at radius 2 is 1.62 bits per heavy atom. The summed E-state index contributed by atoms with van der Waals surface area (Å²) >= 11 is 0. The van der Waals surface area contributed by atoms with Crippen LogP contribution in [0.5, 0.6) is 0 Å². The lowest BCUT2D eigenvalue weighted by atomic mass is 9.94. The van der Waals surface area contributed by atoms with Crippen molar-refractivity contribution in [1.29, 1.82) is 0 Å². The van der Waals surface area contributed by atoms with Gasteiger partial charge in [-0.2, -0.15) is 0 Å². The van der Waals surface area contributed by atoms with Crippen molar-refractivity contribution in [3.8, 4) is 11.3 Å². The minimum absolute atomic E-state index is 0.366. The van der Waals surface area contributed by atoms with E-state index in [1.165, 1.54) is 22.3 Å². The highest BCUT2D eigenvalue weighted by Gasteiger charge is 2.08. The van der Waals surface area contributed by atoms with Gasteiger partial charge >= 0.3 is 0 Å². The molecule has 104 valence electrons. The highest BCUT2D eigenvalue weighted by molar-refractivity contribution is 5.60. The number of rotatable bonds is 3. The van der Waals surface area contributed by atoms with Gasteiger partial charge in [0.25, 0.3) is 0 Å². The van der Waals surface area contributed by atoms with Crippen LogP contribution in [0.25, 0.3) is 11.3 Å². The molecule has 0 saturated carbocycles. The zero-order valence-corrected chi connectivity index (χ0v) is 12.5. The quantitative estimate of drug-likeness (QED) is 0.638. The summed E-state index contributed by atoms with van der Waals surface area (Å²) in [5, 5.41) is 0.